The third kappa shape index (κ3) is 3.37. The first-order valence-electron chi connectivity index (χ1n) is 8.96. The van der Waals surface area contributed by atoms with Gasteiger partial charge in [0.25, 0.3) is 5.89 Å². The lowest BCUT2D eigenvalue weighted by molar-refractivity contribution is 0.262. The summed E-state index contributed by atoms with van der Waals surface area (Å²) in [5, 5.41) is 17.6. The van der Waals surface area contributed by atoms with E-state index in [9.17, 15) is 5.11 Å². The van der Waals surface area contributed by atoms with E-state index in [-0.39, 0.29) is 6.17 Å². The average molecular weight is 354 g/mol. The molecule has 0 aliphatic carbocycles. The van der Waals surface area contributed by atoms with Gasteiger partial charge < -0.3 is 14.9 Å². The van der Waals surface area contributed by atoms with Crippen LogP contribution in [0.4, 0.5) is 0 Å². The van der Waals surface area contributed by atoms with Gasteiger partial charge in [0.05, 0.1) is 5.57 Å². The van der Waals surface area contributed by atoms with E-state index in [4.69, 9.17) is 4.52 Å². The fourth-order valence-corrected chi connectivity index (χ4v) is 3.16. The van der Waals surface area contributed by atoms with Gasteiger partial charge in [-0.05, 0) is 68.8 Å². The Labute approximate surface area is 154 Å². The number of aryl methyl sites for hydroxylation is 2. The molecule has 6 heteroatoms. The summed E-state index contributed by atoms with van der Waals surface area (Å²) < 4.78 is 5.48. The number of phenolic OH excluding ortho intramolecular Hbond substituents is 1. The maximum Gasteiger partial charge on any atom is 0.259 e. The van der Waals surface area contributed by atoms with Gasteiger partial charge in [-0.2, -0.15) is 4.98 Å². The zero-order valence-electron chi connectivity index (χ0n) is 16.0. The van der Waals surface area contributed by atoms with Crippen molar-refractivity contribution in [3.05, 3.63) is 47.0 Å². The number of nitrogens with one attached hydrogen (secondary N) is 1. The number of allylic oxidation sites excluding steroid dienone is 2. The molecule has 26 heavy (non-hydrogen) atoms. The SMILES string of the molecule is CCc1cc(-c2noc(C3=CNC(N(C)CC)C(C)=C3)n2)cc(C)c1O. The summed E-state index contributed by atoms with van der Waals surface area (Å²) in [6.45, 7) is 9.06. The van der Waals surface area contributed by atoms with Crippen LogP contribution < -0.4 is 5.32 Å². The quantitative estimate of drug-likeness (QED) is 0.856. The first kappa shape index (κ1) is 18.2. The number of phenols is 1. The number of nitrogens with zero attached hydrogens (tertiary/aromatic N) is 3. The molecule has 0 saturated heterocycles. The van der Waals surface area contributed by atoms with E-state index in [1.807, 2.05) is 32.2 Å². The van der Waals surface area contributed by atoms with E-state index in [0.29, 0.717) is 17.5 Å². The molecule has 0 saturated carbocycles. The highest BCUT2D eigenvalue weighted by Gasteiger charge is 2.21. The third-order valence-electron chi connectivity index (χ3n) is 4.84. The third-order valence-corrected chi connectivity index (χ3v) is 4.84. The first-order chi connectivity index (χ1) is 12.4. The van der Waals surface area contributed by atoms with Crippen LogP contribution in [0.1, 0.15) is 37.8 Å². The summed E-state index contributed by atoms with van der Waals surface area (Å²) in [5.74, 6) is 1.34. The number of hydrogen-bond donors (Lipinski definition) is 2. The second-order valence-corrected chi connectivity index (χ2v) is 6.71. The largest absolute Gasteiger partial charge is 0.507 e. The van der Waals surface area contributed by atoms with Crippen molar-refractivity contribution in [1.29, 1.82) is 0 Å². The smallest absolute Gasteiger partial charge is 0.259 e. The lowest BCUT2D eigenvalue weighted by Gasteiger charge is -2.30. The maximum absolute atomic E-state index is 10.1. The van der Waals surface area contributed by atoms with Gasteiger partial charge in [0.2, 0.25) is 5.82 Å². The number of likely N-dealkylation sites (N-methyl/N-ethyl adjacent to an activating group) is 1. The Morgan fingerprint density at radius 3 is 2.69 bits per heavy atom. The molecule has 1 aliphatic rings. The summed E-state index contributed by atoms with van der Waals surface area (Å²) in [5.41, 5.74) is 4.60. The number of dihydropyridines is 1. The molecule has 1 aliphatic heterocycles. The molecule has 1 unspecified atom stereocenters. The van der Waals surface area contributed by atoms with Crippen LogP contribution >= 0.6 is 0 Å². The van der Waals surface area contributed by atoms with E-state index in [1.54, 1.807) is 0 Å². The molecule has 6 nitrogen and oxygen atoms in total. The van der Waals surface area contributed by atoms with Crippen molar-refractivity contribution < 1.29 is 9.63 Å². The number of aromatic hydroxyl groups is 1. The van der Waals surface area contributed by atoms with Gasteiger partial charge >= 0.3 is 0 Å². The molecule has 1 atom stereocenters. The van der Waals surface area contributed by atoms with Gasteiger partial charge in [-0.1, -0.05) is 19.0 Å². The fraction of sp³-hybridized carbons (Fsp3) is 0.400. The maximum atomic E-state index is 10.1. The number of benzene rings is 1. The second kappa shape index (κ2) is 7.33. The number of hydrogen-bond acceptors (Lipinski definition) is 6. The minimum Gasteiger partial charge on any atom is -0.507 e. The van der Waals surface area contributed by atoms with Crippen LogP contribution in [0.15, 0.2) is 34.5 Å². The summed E-state index contributed by atoms with van der Waals surface area (Å²) in [7, 11) is 2.08. The molecule has 0 fully saturated rings. The molecule has 3 rings (SSSR count). The molecule has 138 valence electrons. The highest BCUT2D eigenvalue weighted by atomic mass is 16.5. The van der Waals surface area contributed by atoms with Crippen molar-refractivity contribution >= 4 is 5.57 Å². The minimum atomic E-state index is 0.179. The molecular weight excluding hydrogens is 328 g/mol. The van der Waals surface area contributed by atoms with Crippen LogP contribution in [0, 0.1) is 6.92 Å². The van der Waals surface area contributed by atoms with Gasteiger partial charge in [-0.3, -0.25) is 4.90 Å². The summed E-state index contributed by atoms with van der Waals surface area (Å²) in [6, 6.07) is 3.79. The first-order valence-corrected chi connectivity index (χ1v) is 8.96. The Morgan fingerprint density at radius 1 is 1.27 bits per heavy atom. The zero-order valence-corrected chi connectivity index (χ0v) is 16.0. The Hall–Kier alpha value is -2.60. The molecule has 0 radical (unpaired) electrons. The Morgan fingerprint density at radius 2 is 2.04 bits per heavy atom. The van der Waals surface area contributed by atoms with Crippen molar-refractivity contribution in [3.8, 4) is 17.1 Å². The van der Waals surface area contributed by atoms with Gasteiger partial charge in [-0.25, -0.2) is 0 Å². The highest BCUT2D eigenvalue weighted by molar-refractivity contribution is 5.72. The average Bonchev–Trinajstić information content (AvgIpc) is 3.13. The van der Waals surface area contributed by atoms with Crippen molar-refractivity contribution in [2.24, 2.45) is 0 Å². The summed E-state index contributed by atoms with van der Waals surface area (Å²) >= 11 is 0. The molecule has 2 aromatic rings. The topological polar surface area (TPSA) is 74.4 Å². The second-order valence-electron chi connectivity index (χ2n) is 6.71. The standard InChI is InChI=1S/C20H26N4O2/c1-6-14-10-15(8-12(3)17(14)25)18-22-20(26-23-18)16-9-13(4)19(21-11-16)24(5)7-2/h8-11,19,21,25H,6-7H2,1-5H3. The van der Waals surface area contributed by atoms with Crippen LogP contribution in [-0.4, -0.2) is 39.9 Å². The van der Waals surface area contributed by atoms with Crippen molar-refractivity contribution in [2.75, 3.05) is 13.6 Å². The Balaban J connectivity index is 1.88. The van der Waals surface area contributed by atoms with Gasteiger partial charge in [0.1, 0.15) is 11.9 Å². The van der Waals surface area contributed by atoms with Crippen LogP contribution in [0.25, 0.3) is 17.0 Å². The molecular formula is C20H26N4O2. The molecule has 0 spiro atoms. The van der Waals surface area contributed by atoms with Crippen LogP contribution in [0.5, 0.6) is 5.75 Å². The number of rotatable bonds is 5. The lowest BCUT2D eigenvalue weighted by Crippen LogP contribution is -2.43. The predicted molar refractivity (Wildman–Crippen MR) is 102 cm³/mol. The van der Waals surface area contributed by atoms with E-state index in [1.165, 1.54) is 5.57 Å². The summed E-state index contributed by atoms with van der Waals surface area (Å²) in [6.07, 6.45) is 4.91. The predicted octanol–water partition coefficient (Wildman–Crippen LogP) is 3.48. The van der Waals surface area contributed by atoms with E-state index in [2.05, 4.69) is 47.3 Å². The minimum absolute atomic E-state index is 0.179. The molecule has 1 aromatic heterocycles. The van der Waals surface area contributed by atoms with E-state index < -0.39 is 0 Å². The molecule has 1 aromatic carbocycles. The monoisotopic (exact) mass is 354 g/mol. The van der Waals surface area contributed by atoms with Gasteiger partial charge in [-0.15, -0.1) is 0 Å². The fourth-order valence-electron chi connectivity index (χ4n) is 3.16. The van der Waals surface area contributed by atoms with Crippen molar-refractivity contribution in [1.82, 2.24) is 20.4 Å². The van der Waals surface area contributed by atoms with E-state index in [0.717, 1.165) is 35.2 Å². The normalized spacial score (nSPS) is 17.1. The Kier molecular flexibility index (Phi) is 5.13. The van der Waals surface area contributed by atoms with Gasteiger partial charge in [0.15, 0.2) is 0 Å². The van der Waals surface area contributed by atoms with Crippen LogP contribution in [0.2, 0.25) is 0 Å². The van der Waals surface area contributed by atoms with Crippen molar-refractivity contribution in [2.45, 2.75) is 40.3 Å². The molecule has 2 heterocycles. The van der Waals surface area contributed by atoms with E-state index >= 15 is 0 Å². The van der Waals surface area contributed by atoms with Crippen molar-refractivity contribution in [3.63, 3.8) is 0 Å². The molecule has 2 N–H and O–H groups in total. The molecule has 0 amide bonds. The highest BCUT2D eigenvalue weighted by Crippen LogP contribution is 2.30. The zero-order chi connectivity index (χ0) is 18.8. The Bertz CT molecular complexity index is 867. The number of aromatic nitrogens is 2. The van der Waals surface area contributed by atoms with Gasteiger partial charge in [0, 0.05) is 11.8 Å². The van der Waals surface area contributed by atoms with Crippen LogP contribution in [-0.2, 0) is 6.42 Å². The lowest BCUT2D eigenvalue weighted by atomic mass is 10.0. The van der Waals surface area contributed by atoms with Crippen LogP contribution in [0.3, 0.4) is 0 Å². The summed E-state index contributed by atoms with van der Waals surface area (Å²) in [4.78, 5) is 6.78. The molecule has 0 bridgehead atoms.